The molecule has 4 rings (SSSR count). The summed E-state index contributed by atoms with van der Waals surface area (Å²) in [6.07, 6.45) is 0. The van der Waals surface area contributed by atoms with Crippen molar-refractivity contribution >= 4 is 29.0 Å². The molecule has 1 aliphatic heterocycles. The molecule has 2 atom stereocenters. The lowest BCUT2D eigenvalue weighted by Crippen LogP contribution is -2.26. The Morgan fingerprint density at radius 2 is 1.45 bits per heavy atom. The van der Waals surface area contributed by atoms with Crippen molar-refractivity contribution in [3.05, 3.63) is 98.8 Å². The molecule has 8 heteroatoms. The number of amidine groups is 1. The minimum atomic E-state index is -1.61. The van der Waals surface area contributed by atoms with Crippen molar-refractivity contribution in [3.8, 4) is 5.75 Å². The van der Waals surface area contributed by atoms with Gasteiger partial charge >= 0.3 is 0 Å². The minimum absolute atomic E-state index is 0.0947. The number of nitrogens with one attached hydrogen (secondary N) is 1. The van der Waals surface area contributed by atoms with Crippen LogP contribution in [0, 0.1) is 17.5 Å². The average molecular weight is 465 g/mol. The first kappa shape index (κ1) is 21.5. The van der Waals surface area contributed by atoms with Crippen molar-refractivity contribution in [1.29, 1.82) is 0 Å². The zero-order valence-corrected chi connectivity index (χ0v) is 17.8. The van der Waals surface area contributed by atoms with Gasteiger partial charge in [-0.15, -0.1) is 0 Å². The molecule has 0 saturated carbocycles. The van der Waals surface area contributed by atoms with Crippen LogP contribution < -0.4 is 10.1 Å². The first-order chi connectivity index (χ1) is 14.9. The van der Waals surface area contributed by atoms with Gasteiger partial charge in [-0.25, -0.2) is 8.78 Å². The van der Waals surface area contributed by atoms with Crippen LogP contribution in [0.5, 0.6) is 5.75 Å². The summed E-state index contributed by atoms with van der Waals surface area (Å²) in [6, 6.07) is 14.5. The van der Waals surface area contributed by atoms with Crippen molar-refractivity contribution in [1.82, 2.24) is 5.32 Å². The van der Waals surface area contributed by atoms with Gasteiger partial charge in [-0.1, -0.05) is 47.5 Å². The predicted octanol–water partition coefficient (Wildman–Crippen LogP) is 6.64. The van der Waals surface area contributed by atoms with E-state index in [2.05, 4.69) is 10.3 Å². The van der Waals surface area contributed by atoms with Crippen LogP contribution in [0.3, 0.4) is 0 Å². The van der Waals surface area contributed by atoms with Crippen molar-refractivity contribution in [2.75, 3.05) is 6.61 Å². The smallest absolute Gasteiger partial charge is 0.203 e. The molecule has 0 saturated heterocycles. The second kappa shape index (κ2) is 8.81. The van der Waals surface area contributed by atoms with Gasteiger partial charge in [0.1, 0.15) is 11.9 Å². The van der Waals surface area contributed by atoms with E-state index in [0.29, 0.717) is 10.0 Å². The lowest BCUT2D eigenvalue weighted by atomic mass is 9.95. The quantitative estimate of drug-likeness (QED) is 0.429. The number of halogens is 5. The van der Waals surface area contributed by atoms with Crippen LogP contribution in [0.1, 0.15) is 35.7 Å². The number of benzene rings is 3. The Morgan fingerprint density at radius 3 is 2.03 bits per heavy atom. The molecule has 2 unspecified atom stereocenters. The summed E-state index contributed by atoms with van der Waals surface area (Å²) in [4.78, 5) is 4.62. The molecule has 1 heterocycles. The second-order valence-corrected chi connectivity index (χ2v) is 7.82. The maximum absolute atomic E-state index is 14.7. The van der Waals surface area contributed by atoms with Gasteiger partial charge in [0.15, 0.2) is 17.4 Å². The Bertz CT molecular complexity index is 1140. The predicted molar refractivity (Wildman–Crippen MR) is 116 cm³/mol. The molecule has 160 valence electrons. The molecule has 0 spiro atoms. The van der Waals surface area contributed by atoms with Crippen molar-refractivity contribution in [2.45, 2.75) is 19.0 Å². The van der Waals surface area contributed by atoms with E-state index in [0.717, 1.165) is 17.2 Å². The van der Waals surface area contributed by atoms with E-state index in [9.17, 15) is 13.2 Å². The fraction of sp³-hybridized carbons (Fsp3) is 0.174. The highest BCUT2D eigenvalue weighted by atomic mass is 35.5. The number of nitrogens with zero attached hydrogens (tertiary/aromatic N) is 1. The molecule has 3 aromatic carbocycles. The molecule has 0 radical (unpaired) electrons. The SMILES string of the molecule is CCOc1cc(C2=NC(c3ccc(Cl)cc3)C(c3ccc(Cl)cc3)N2)c(F)c(F)c1F. The summed E-state index contributed by atoms with van der Waals surface area (Å²) >= 11 is 12.0. The van der Waals surface area contributed by atoms with Crippen LogP contribution in [-0.2, 0) is 0 Å². The van der Waals surface area contributed by atoms with Crippen LogP contribution in [0.4, 0.5) is 13.2 Å². The highest BCUT2D eigenvalue weighted by Gasteiger charge is 2.34. The molecule has 0 bridgehead atoms. The Morgan fingerprint density at radius 1 is 0.871 bits per heavy atom. The maximum atomic E-state index is 14.7. The standard InChI is InChI=1S/C23H17Cl2F3N2O/c1-2-31-17-11-16(18(26)20(28)19(17)27)23-29-21(12-3-7-14(24)8-4-12)22(30-23)13-5-9-15(25)10-6-13/h3-11,21-22H,2H2,1H3,(H,29,30). The monoisotopic (exact) mass is 464 g/mol. The first-order valence-corrected chi connectivity index (χ1v) is 10.3. The summed E-state index contributed by atoms with van der Waals surface area (Å²) in [7, 11) is 0. The van der Waals surface area contributed by atoms with Gasteiger partial charge in [0, 0.05) is 10.0 Å². The van der Waals surface area contributed by atoms with Gasteiger partial charge < -0.3 is 10.1 Å². The van der Waals surface area contributed by atoms with E-state index in [1.807, 2.05) is 24.3 Å². The van der Waals surface area contributed by atoms with Crippen LogP contribution in [-0.4, -0.2) is 12.4 Å². The Balaban J connectivity index is 1.81. The summed E-state index contributed by atoms with van der Waals surface area (Å²) < 4.78 is 48.1. The van der Waals surface area contributed by atoms with Gasteiger partial charge in [-0.2, -0.15) is 4.39 Å². The molecule has 0 amide bonds. The largest absolute Gasteiger partial charge is 0.491 e. The lowest BCUT2D eigenvalue weighted by Gasteiger charge is -2.20. The van der Waals surface area contributed by atoms with Gasteiger partial charge in [0.2, 0.25) is 5.82 Å². The van der Waals surface area contributed by atoms with Crippen LogP contribution in [0.15, 0.2) is 59.6 Å². The van der Waals surface area contributed by atoms with E-state index < -0.39 is 29.5 Å². The maximum Gasteiger partial charge on any atom is 0.203 e. The van der Waals surface area contributed by atoms with Crippen LogP contribution in [0.2, 0.25) is 10.0 Å². The minimum Gasteiger partial charge on any atom is -0.491 e. The van der Waals surface area contributed by atoms with Gasteiger partial charge in [0.05, 0.1) is 18.2 Å². The van der Waals surface area contributed by atoms with Gasteiger partial charge in [-0.3, -0.25) is 4.99 Å². The average Bonchev–Trinajstić information content (AvgIpc) is 3.20. The summed E-state index contributed by atoms with van der Waals surface area (Å²) in [6.45, 7) is 1.72. The first-order valence-electron chi connectivity index (χ1n) is 9.55. The van der Waals surface area contributed by atoms with Crippen molar-refractivity contribution in [3.63, 3.8) is 0 Å². The number of hydrogen-bond donors (Lipinski definition) is 1. The molecular weight excluding hydrogens is 448 g/mol. The summed E-state index contributed by atoms with van der Waals surface area (Å²) in [5, 5.41) is 4.29. The normalized spacial score (nSPS) is 17.9. The molecule has 1 aliphatic rings. The molecule has 0 aromatic heterocycles. The van der Waals surface area contributed by atoms with Gasteiger partial charge in [0.25, 0.3) is 0 Å². The second-order valence-electron chi connectivity index (χ2n) is 6.94. The van der Waals surface area contributed by atoms with E-state index in [-0.39, 0.29) is 23.8 Å². The third-order valence-electron chi connectivity index (χ3n) is 4.99. The van der Waals surface area contributed by atoms with E-state index in [1.165, 1.54) is 0 Å². The summed E-state index contributed by atoms with van der Waals surface area (Å²) in [5.41, 5.74) is 1.45. The van der Waals surface area contributed by atoms with E-state index in [4.69, 9.17) is 27.9 Å². The molecular formula is C23H17Cl2F3N2O. The lowest BCUT2D eigenvalue weighted by molar-refractivity contribution is 0.309. The highest BCUT2D eigenvalue weighted by molar-refractivity contribution is 6.30. The fourth-order valence-electron chi connectivity index (χ4n) is 3.50. The molecule has 31 heavy (non-hydrogen) atoms. The highest BCUT2D eigenvalue weighted by Crippen LogP contribution is 2.39. The zero-order valence-electron chi connectivity index (χ0n) is 16.3. The summed E-state index contributed by atoms with van der Waals surface area (Å²) in [5.74, 6) is -4.59. The van der Waals surface area contributed by atoms with Crippen LogP contribution >= 0.6 is 23.2 Å². The molecule has 0 fully saturated rings. The number of ether oxygens (including phenoxy) is 1. The Kier molecular flexibility index (Phi) is 6.12. The Hall–Kier alpha value is -2.70. The molecule has 0 aliphatic carbocycles. The third-order valence-corrected chi connectivity index (χ3v) is 5.49. The molecule has 1 N–H and O–H groups in total. The number of hydrogen-bond acceptors (Lipinski definition) is 3. The van der Waals surface area contributed by atoms with E-state index >= 15 is 0 Å². The molecule has 3 nitrogen and oxygen atoms in total. The topological polar surface area (TPSA) is 33.6 Å². The third kappa shape index (κ3) is 4.23. The van der Waals surface area contributed by atoms with E-state index in [1.54, 1.807) is 31.2 Å². The van der Waals surface area contributed by atoms with Crippen molar-refractivity contribution < 1.29 is 17.9 Å². The molecule has 3 aromatic rings. The Labute approximate surface area is 187 Å². The van der Waals surface area contributed by atoms with Crippen molar-refractivity contribution in [2.24, 2.45) is 4.99 Å². The number of rotatable bonds is 5. The zero-order chi connectivity index (χ0) is 22.1. The fourth-order valence-corrected chi connectivity index (χ4v) is 3.75. The number of aliphatic imine (C=N–C) groups is 1. The van der Waals surface area contributed by atoms with Crippen LogP contribution in [0.25, 0.3) is 0 Å². The van der Waals surface area contributed by atoms with Gasteiger partial charge in [-0.05, 0) is 48.4 Å².